The highest BCUT2D eigenvalue weighted by atomic mass is 35.5. The smallest absolute Gasteiger partial charge is 0.416 e. The van der Waals surface area contributed by atoms with E-state index < -0.39 is 11.7 Å². The van der Waals surface area contributed by atoms with Crippen molar-refractivity contribution < 1.29 is 17.6 Å². The zero-order chi connectivity index (χ0) is 14.3. The molecule has 0 unspecified atom stereocenters. The van der Waals surface area contributed by atoms with E-state index in [0.29, 0.717) is 17.6 Å². The van der Waals surface area contributed by atoms with Gasteiger partial charge in [-0.1, -0.05) is 13.0 Å². The van der Waals surface area contributed by atoms with Crippen LogP contribution >= 0.6 is 12.4 Å². The normalized spacial score (nSPS) is 23.0. The Kier molecular flexibility index (Phi) is 4.54. The molecule has 2 aromatic rings. The molecule has 21 heavy (non-hydrogen) atoms. The second-order valence-corrected chi connectivity index (χ2v) is 5.44. The Hall–Kier alpha value is -1.20. The van der Waals surface area contributed by atoms with Gasteiger partial charge in [-0.15, -0.1) is 12.4 Å². The van der Waals surface area contributed by atoms with Crippen molar-refractivity contribution in [3.8, 4) is 0 Å². The second kappa shape index (κ2) is 5.89. The number of fused-ring (bicyclic) bond motifs is 1. The third-order valence-corrected chi connectivity index (χ3v) is 4.12. The van der Waals surface area contributed by atoms with Gasteiger partial charge < -0.3 is 9.73 Å². The minimum Gasteiger partial charge on any atom is -0.464 e. The molecule has 1 saturated heterocycles. The summed E-state index contributed by atoms with van der Waals surface area (Å²) in [5.41, 5.74) is 0.159. The van der Waals surface area contributed by atoms with E-state index in [1.54, 1.807) is 6.07 Å². The largest absolute Gasteiger partial charge is 0.464 e. The first-order chi connectivity index (χ1) is 9.48. The molecule has 1 aromatic carbocycles. The molecule has 2 nitrogen and oxygen atoms in total. The monoisotopic (exact) mass is 319 g/mol. The molecule has 0 aliphatic carbocycles. The summed E-state index contributed by atoms with van der Waals surface area (Å²) in [5, 5.41) is 3.96. The van der Waals surface area contributed by atoms with Crippen LogP contribution in [-0.4, -0.2) is 13.1 Å². The van der Waals surface area contributed by atoms with Gasteiger partial charge >= 0.3 is 6.18 Å². The van der Waals surface area contributed by atoms with E-state index in [9.17, 15) is 13.2 Å². The summed E-state index contributed by atoms with van der Waals surface area (Å²) in [6.07, 6.45) is -2.19. The molecule has 1 aromatic heterocycles. The van der Waals surface area contributed by atoms with Gasteiger partial charge in [0.05, 0.1) is 11.8 Å². The van der Waals surface area contributed by atoms with Gasteiger partial charge in [-0.2, -0.15) is 13.2 Å². The fraction of sp³-hybridized carbons (Fsp3) is 0.467. The first-order valence-electron chi connectivity index (χ1n) is 6.76. The number of piperidine rings is 1. The first kappa shape index (κ1) is 16.2. The van der Waals surface area contributed by atoms with E-state index in [4.69, 9.17) is 4.42 Å². The molecule has 6 heteroatoms. The van der Waals surface area contributed by atoms with Crippen LogP contribution in [-0.2, 0) is 6.18 Å². The van der Waals surface area contributed by atoms with Crippen LogP contribution in [0.3, 0.4) is 0 Å². The number of hydrogen-bond donors (Lipinski definition) is 1. The van der Waals surface area contributed by atoms with Crippen LogP contribution in [0.4, 0.5) is 13.2 Å². The predicted octanol–water partition coefficient (Wildman–Crippen LogP) is 4.59. The number of halogens is 4. The quantitative estimate of drug-likeness (QED) is 0.832. The summed E-state index contributed by atoms with van der Waals surface area (Å²) in [7, 11) is 0. The zero-order valence-electron chi connectivity index (χ0n) is 11.5. The third-order valence-electron chi connectivity index (χ3n) is 4.12. The summed E-state index contributed by atoms with van der Waals surface area (Å²) >= 11 is 0. The highest BCUT2D eigenvalue weighted by Gasteiger charge is 2.38. The molecule has 0 amide bonds. The maximum atomic E-state index is 13.3. The van der Waals surface area contributed by atoms with Crippen LogP contribution in [0.25, 0.3) is 11.0 Å². The van der Waals surface area contributed by atoms with Gasteiger partial charge in [-0.05, 0) is 43.5 Å². The number of benzene rings is 1. The summed E-state index contributed by atoms with van der Waals surface area (Å²) in [6, 6.07) is 4.38. The Morgan fingerprint density at radius 2 is 2.00 bits per heavy atom. The van der Waals surface area contributed by atoms with Crippen molar-refractivity contribution in [2.45, 2.75) is 25.4 Å². The van der Waals surface area contributed by atoms with E-state index in [0.717, 1.165) is 18.5 Å². The van der Waals surface area contributed by atoms with Crippen molar-refractivity contribution >= 4 is 23.4 Å². The van der Waals surface area contributed by atoms with Gasteiger partial charge in [0.15, 0.2) is 0 Å². The van der Waals surface area contributed by atoms with E-state index in [2.05, 4.69) is 5.32 Å². The van der Waals surface area contributed by atoms with Crippen molar-refractivity contribution in [1.29, 1.82) is 0 Å². The summed E-state index contributed by atoms with van der Waals surface area (Å²) in [6.45, 7) is 3.46. The minimum atomic E-state index is -4.35. The van der Waals surface area contributed by atoms with Crippen molar-refractivity contribution in [2.75, 3.05) is 13.1 Å². The molecule has 0 saturated carbocycles. The summed E-state index contributed by atoms with van der Waals surface area (Å²) < 4.78 is 45.3. The first-order valence-corrected chi connectivity index (χ1v) is 6.76. The van der Waals surface area contributed by atoms with Crippen LogP contribution < -0.4 is 5.32 Å². The highest BCUT2D eigenvalue weighted by molar-refractivity contribution is 5.85. The van der Waals surface area contributed by atoms with E-state index >= 15 is 0 Å². The topological polar surface area (TPSA) is 25.2 Å². The maximum absolute atomic E-state index is 13.3. The lowest BCUT2D eigenvalue weighted by Gasteiger charge is -2.31. The molecule has 3 rings (SSSR count). The summed E-state index contributed by atoms with van der Waals surface area (Å²) in [5.74, 6) is 0.0308. The number of rotatable bonds is 1. The van der Waals surface area contributed by atoms with Crippen molar-refractivity contribution in [3.63, 3.8) is 0 Å². The van der Waals surface area contributed by atoms with Crippen LogP contribution in [0.15, 0.2) is 28.9 Å². The number of hydrogen-bond acceptors (Lipinski definition) is 2. The average Bonchev–Trinajstić information content (AvgIpc) is 2.85. The number of alkyl halides is 3. The van der Waals surface area contributed by atoms with Gasteiger partial charge in [0.1, 0.15) is 5.58 Å². The molecule has 1 aliphatic rings. The molecule has 0 bridgehead atoms. The number of furan rings is 1. The third kappa shape index (κ3) is 2.90. The van der Waals surface area contributed by atoms with E-state index in [1.165, 1.54) is 18.4 Å². The molecule has 2 atom stereocenters. The fourth-order valence-corrected chi connectivity index (χ4v) is 3.11. The molecule has 0 radical (unpaired) electrons. The fourth-order valence-electron chi connectivity index (χ4n) is 3.11. The lowest BCUT2D eigenvalue weighted by atomic mass is 9.79. The lowest BCUT2D eigenvalue weighted by molar-refractivity contribution is -0.138. The standard InChI is InChI=1S/C15H16F3NO.ClH/c1-9-8-19-6-4-11(9)13-12(15(16,17)18)3-2-10-5-7-20-14(10)13;/h2-3,5,7,9,11,19H,4,6,8H2,1H3;1H/t9-,11+;/m1./s1. The molecule has 1 aliphatic heterocycles. The zero-order valence-corrected chi connectivity index (χ0v) is 12.4. The Morgan fingerprint density at radius 1 is 1.24 bits per heavy atom. The maximum Gasteiger partial charge on any atom is 0.416 e. The average molecular weight is 320 g/mol. The van der Waals surface area contributed by atoms with Gasteiger partial charge in [0, 0.05) is 10.9 Å². The molecule has 116 valence electrons. The van der Waals surface area contributed by atoms with Gasteiger partial charge in [-0.25, -0.2) is 0 Å². The van der Waals surface area contributed by atoms with Crippen LogP contribution in [0.1, 0.15) is 30.4 Å². The van der Waals surface area contributed by atoms with Crippen molar-refractivity contribution in [3.05, 3.63) is 35.6 Å². The molecule has 1 fully saturated rings. The highest BCUT2D eigenvalue weighted by Crippen LogP contribution is 2.43. The van der Waals surface area contributed by atoms with Crippen molar-refractivity contribution in [2.24, 2.45) is 5.92 Å². The lowest BCUT2D eigenvalue weighted by Crippen LogP contribution is -2.34. The SMILES string of the molecule is C[C@@H]1CNCC[C@@H]1c1c(C(F)(F)F)ccc2ccoc12.Cl. The van der Waals surface area contributed by atoms with Gasteiger partial charge in [0.25, 0.3) is 0 Å². The molecular formula is C15H17ClF3NO. The van der Waals surface area contributed by atoms with Crippen molar-refractivity contribution in [1.82, 2.24) is 5.32 Å². The van der Waals surface area contributed by atoms with Crippen LogP contribution in [0.2, 0.25) is 0 Å². The minimum absolute atomic E-state index is 0. The molecule has 2 heterocycles. The Balaban J connectivity index is 0.00000161. The summed E-state index contributed by atoms with van der Waals surface area (Å²) in [4.78, 5) is 0. The second-order valence-electron chi connectivity index (χ2n) is 5.44. The Bertz CT molecular complexity index is 623. The van der Waals surface area contributed by atoms with E-state index in [-0.39, 0.29) is 24.2 Å². The van der Waals surface area contributed by atoms with Crippen LogP contribution in [0, 0.1) is 5.92 Å². The Morgan fingerprint density at radius 3 is 2.67 bits per heavy atom. The van der Waals surface area contributed by atoms with E-state index in [1.807, 2.05) is 6.92 Å². The molecule has 1 N–H and O–H groups in total. The number of nitrogens with one attached hydrogen (secondary N) is 1. The Labute approximate surface area is 127 Å². The van der Waals surface area contributed by atoms with Gasteiger partial charge in [0.2, 0.25) is 0 Å². The predicted molar refractivity (Wildman–Crippen MR) is 77.9 cm³/mol. The molecular weight excluding hydrogens is 303 g/mol. The molecule has 0 spiro atoms. The van der Waals surface area contributed by atoms with Gasteiger partial charge in [-0.3, -0.25) is 0 Å². The van der Waals surface area contributed by atoms with Crippen LogP contribution in [0.5, 0.6) is 0 Å².